The minimum atomic E-state index is -1.37. The van der Waals surface area contributed by atoms with Crippen molar-refractivity contribution in [3.8, 4) is 0 Å². The molecule has 0 aromatic carbocycles. The van der Waals surface area contributed by atoms with Crippen LogP contribution in [0.4, 0.5) is 8.78 Å². The van der Waals surface area contributed by atoms with Gasteiger partial charge in [-0.1, -0.05) is 6.92 Å². The number of nitrogens with zero attached hydrogens (tertiary/aromatic N) is 1. The predicted molar refractivity (Wildman–Crippen MR) is 53.3 cm³/mol. The van der Waals surface area contributed by atoms with Gasteiger partial charge in [-0.25, -0.2) is 9.37 Å². The second kappa shape index (κ2) is 5.33. The van der Waals surface area contributed by atoms with E-state index in [1.807, 2.05) is 0 Å². The summed E-state index contributed by atoms with van der Waals surface area (Å²) in [6, 6.07) is 1.01. The molecule has 92 valence electrons. The number of rotatable bonds is 4. The average molecular weight is 244 g/mol. The summed E-state index contributed by atoms with van der Waals surface area (Å²) in [6.07, 6.45) is 0.952. The van der Waals surface area contributed by atoms with E-state index in [9.17, 15) is 18.4 Å². The van der Waals surface area contributed by atoms with E-state index >= 15 is 0 Å². The van der Waals surface area contributed by atoms with Crippen molar-refractivity contribution in [1.29, 1.82) is 0 Å². The zero-order chi connectivity index (χ0) is 13.0. The van der Waals surface area contributed by atoms with Crippen LogP contribution in [0.15, 0.2) is 12.3 Å². The maximum absolute atomic E-state index is 13.1. The summed E-state index contributed by atoms with van der Waals surface area (Å²) in [4.78, 5) is 24.9. The first-order valence-electron chi connectivity index (χ1n) is 4.74. The Balaban J connectivity index is 2.71. The Hall–Kier alpha value is -2.05. The number of pyridine rings is 1. The Bertz CT molecular complexity index is 451. The average Bonchev–Trinajstić information content (AvgIpc) is 2.29. The molecule has 1 rings (SSSR count). The molecule has 1 aromatic heterocycles. The number of carbonyl (C=O) groups is 2. The van der Waals surface area contributed by atoms with Crippen LogP contribution in [0, 0.1) is 17.7 Å². The smallest absolute Gasteiger partial charge is 0.308 e. The third kappa shape index (κ3) is 3.20. The van der Waals surface area contributed by atoms with E-state index < -0.39 is 35.1 Å². The van der Waals surface area contributed by atoms with Gasteiger partial charge in [0.2, 0.25) is 5.95 Å². The van der Waals surface area contributed by atoms with Crippen LogP contribution in [0.1, 0.15) is 17.3 Å². The molecule has 0 aliphatic carbocycles. The first kappa shape index (κ1) is 13.0. The second-order valence-corrected chi connectivity index (χ2v) is 3.41. The summed E-state index contributed by atoms with van der Waals surface area (Å²) in [5.41, 5.74) is -0.505. The van der Waals surface area contributed by atoms with E-state index in [1.165, 1.54) is 6.92 Å². The van der Waals surface area contributed by atoms with Crippen LogP contribution in [-0.2, 0) is 4.79 Å². The van der Waals surface area contributed by atoms with Crippen LogP contribution in [0.2, 0.25) is 0 Å². The third-order valence-corrected chi connectivity index (χ3v) is 2.08. The molecule has 5 nitrogen and oxygen atoms in total. The molecule has 0 fully saturated rings. The number of carboxylic acid groups (broad SMARTS) is 1. The molecule has 1 heterocycles. The Morgan fingerprint density at radius 1 is 1.53 bits per heavy atom. The molecule has 0 radical (unpaired) electrons. The van der Waals surface area contributed by atoms with E-state index in [0.717, 1.165) is 12.3 Å². The summed E-state index contributed by atoms with van der Waals surface area (Å²) in [5.74, 6) is -5.51. The molecule has 1 atom stereocenters. The van der Waals surface area contributed by atoms with Gasteiger partial charge in [-0.2, -0.15) is 4.39 Å². The van der Waals surface area contributed by atoms with Crippen molar-refractivity contribution in [2.45, 2.75) is 6.92 Å². The van der Waals surface area contributed by atoms with Crippen LogP contribution in [0.25, 0.3) is 0 Å². The lowest BCUT2D eigenvalue weighted by atomic mass is 10.1. The molecule has 0 bridgehead atoms. The van der Waals surface area contributed by atoms with Crippen molar-refractivity contribution in [2.24, 2.45) is 5.92 Å². The normalized spacial score (nSPS) is 11.9. The standard InChI is InChI=1S/C10H10F2N2O3/c1-5(10(16)17)4-14-9(15)6-2-3-13-8(12)7(6)11/h2-3,5H,4H2,1H3,(H,14,15)(H,16,17). The molecule has 0 spiro atoms. The molecule has 2 N–H and O–H groups in total. The van der Waals surface area contributed by atoms with Gasteiger partial charge in [0.15, 0.2) is 5.82 Å². The quantitative estimate of drug-likeness (QED) is 0.768. The molecule has 0 saturated carbocycles. The highest BCUT2D eigenvalue weighted by Crippen LogP contribution is 2.08. The van der Waals surface area contributed by atoms with Gasteiger partial charge >= 0.3 is 5.97 Å². The van der Waals surface area contributed by atoms with E-state index in [-0.39, 0.29) is 6.54 Å². The van der Waals surface area contributed by atoms with Crippen molar-refractivity contribution in [2.75, 3.05) is 6.54 Å². The van der Waals surface area contributed by atoms with Crippen molar-refractivity contribution in [3.05, 3.63) is 29.6 Å². The Labute approximate surface area is 95.5 Å². The van der Waals surface area contributed by atoms with E-state index in [0.29, 0.717) is 0 Å². The highest BCUT2D eigenvalue weighted by atomic mass is 19.2. The number of aliphatic carboxylic acids is 1. The van der Waals surface area contributed by atoms with Gasteiger partial charge in [0.1, 0.15) is 0 Å². The maximum Gasteiger partial charge on any atom is 0.308 e. The first-order valence-corrected chi connectivity index (χ1v) is 4.74. The SMILES string of the molecule is CC(CNC(=O)c1ccnc(F)c1F)C(=O)O. The molecule has 7 heteroatoms. The number of carboxylic acids is 1. The molecule has 1 aromatic rings. The lowest BCUT2D eigenvalue weighted by Gasteiger charge is -2.08. The maximum atomic E-state index is 13.1. The number of nitrogens with one attached hydrogen (secondary N) is 1. The van der Waals surface area contributed by atoms with Gasteiger partial charge in [-0.3, -0.25) is 9.59 Å². The van der Waals surface area contributed by atoms with Gasteiger partial charge in [0.25, 0.3) is 5.91 Å². The highest BCUT2D eigenvalue weighted by molar-refractivity contribution is 5.94. The fraction of sp³-hybridized carbons (Fsp3) is 0.300. The number of halogens is 2. The van der Waals surface area contributed by atoms with Crippen LogP contribution >= 0.6 is 0 Å². The zero-order valence-electron chi connectivity index (χ0n) is 8.91. The third-order valence-electron chi connectivity index (χ3n) is 2.08. The molecule has 17 heavy (non-hydrogen) atoms. The highest BCUT2D eigenvalue weighted by Gasteiger charge is 2.18. The van der Waals surface area contributed by atoms with E-state index in [2.05, 4.69) is 10.3 Å². The van der Waals surface area contributed by atoms with E-state index in [1.54, 1.807) is 0 Å². The fourth-order valence-electron chi connectivity index (χ4n) is 1.02. The van der Waals surface area contributed by atoms with Crippen molar-refractivity contribution in [3.63, 3.8) is 0 Å². The number of aromatic nitrogens is 1. The summed E-state index contributed by atoms with van der Waals surface area (Å²) >= 11 is 0. The molecule has 0 aliphatic heterocycles. The lowest BCUT2D eigenvalue weighted by Crippen LogP contribution is -2.32. The van der Waals surface area contributed by atoms with Crippen LogP contribution in [0.5, 0.6) is 0 Å². The molecule has 0 saturated heterocycles. The second-order valence-electron chi connectivity index (χ2n) is 3.41. The number of hydrogen-bond acceptors (Lipinski definition) is 3. The van der Waals surface area contributed by atoms with Gasteiger partial charge in [0, 0.05) is 12.7 Å². The molecular formula is C10H10F2N2O3. The van der Waals surface area contributed by atoms with Gasteiger partial charge < -0.3 is 10.4 Å². The number of carbonyl (C=O) groups excluding carboxylic acids is 1. The summed E-state index contributed by atoms with van der Waals surface area (Å²) < 4.78 is 25.8. The largest absolute Gasteiger partial charge is 0.481 e. The van der Waals surface area contributed by atoms with Crippen LogP contribution in [0.3, 0.4) is 0 Å². The minimum Gasteiger partial charge on any atom is -0.481 e. The molecule has 0 aliphatic rings. The van der Waals surface area contributed by atoms with Crippen molar-refractivity contribution in [1.82, 2.24) is 10.3 Å². The Kier molecular flexibility index (Phi) is 4.08. The Morgan fingerprint density at radius 2 is 2.18 bits per heavy atom. The molecular weight excluding hydrogens is 234 g/mol. The lowest BCUT2D eigenvalue weighted by molar-refractivity contribution is -0.140. The predicted octanol–water partition coefficient (Wildman–Crippen LogP) is 0.810. The van der Waals surface area contributed by atoms with Gasteiger partial charge in [-0.15, -0.1) is 0 Å². The summed E-state index contributed by atoms with van der Waals surface area (Å²) in [5, 5.41) is 10.8. The zero-order valence-corrected chi connectivity index (χ0v) is 8.91. The number of hydrogen-bond donors (Lipinski definition) is 2. The Morgan fingerprint density at radius 3 is 2.76 bits per heavy atom. The number of amides is 1. The fourth-order valence-corrected chi connectivity index (χ4v) is 1.02. The topological polar surface area (TPSA) is 79.3 Å². The van der Waals surface area contributed by atoms with Crippen molar-refractivity contribution < 1.29 is 23.5 Å². The van der Waals surface area contributed by atoms with Crippen molar-refractivity contribution >= 4 is 11.9 Å². The monoisotopic (exact) mass is 244 g/mol. The first-order chi connectivity index (χ1) is 7.93. The van der Waals surface area contributed by atoms with Crippen LogP contribution in [-0.4, -0.2) is 28.5 Å². The molecule has 1 unspecified atom stereocenters. The summed E-state index contributed by atoms with van der Waals surface area (Å²) in [7, 11) is 0. The van der Waals surface area contributed by atoms with Gasteiger partial charge in [-0.05, 0) is 6.07 Å². The summed E-state index contributed by atoms with van der Waals surface area (Å²) in [6.45, 7) is 1.21. The van der Waals surface area contributed by atoms with Crippen LogP contribution < -0.4 is 5.32 Å². The molecule has 1 amide bonds. The minimum absolute atomic E-state index is 0.169. The van der Waals surface area contributed by atoms with E-state index in [4.69, 9.17) is 5.11 Å². The van der Waals surface area contributed by atoms with Gasteiger partial charge in [0.05, 0.1) is 11.5 Å².